The van der Waals surface area contributed by atoms with Gasteiger partial charge in [0.1, 0.15) is 11.4 Å². The normalized spacial score (nSPS) is 10.9. The maximum atomic E-state index is 12.7. The van der Waals surface area contributed by atoms with E-state index in [0.29, 0.717) is 22.7 Å². The highest BCUT2D eigenvalue weighted by Crippen LogP contribution is 2.29. The number of benzene rings is 2. The summed E-state index contributed by atoms with van der Waals surface area (Å²) in [4.78, 5) is 29.2. The van der Waals surface area contributed by atoms with E-state index in [4.69, 9.17) is 4.74 Å². The second-order valence-electron chi connectivity index (χ2n) is 7.50. The molecule has 0 saturated carbocycles. The zero-order valence-electron chi connectivity index (χ0n) is 16.6. The number of rotatable bonds is 5. The molecule has 0 saturated heterocycles. The van der Waals surface area contributed by atoms with E-state index in [0.717, 1.165) is 0 Å². The largest absolute Gasteiger partial charge is 0.455 e. The monoisotopic (exact) mass is 389 g/mol. The molecule has 3 aromatic rings. The average molecular weight is 389 g/mol. The molecule has 0 unspecified atom stereocenters. The first kappa shape index (κ1) is 20.1. The first-order chi connectivity index (χ1) is 13.8. The van der Waals surface area contributed by atoms with E-state index in [1.54, 1.807) is 24.3 Å². The number of anilines is 1. The van der Waals surface area contributed by atoms with Gasteiger partial charge in [-0.15, -0.1) is 0 Å². The van der Waals surface area contributed by atoms with Gasteiger partial charge in [0.15, 0.2) is 5.75 Å². The summed E-state index contributed by atoms with van der Waals surface area (Å²) in [5, 5.41) is 5.67. The van der Waals surface area contributed by atoms with E-state index in [1.165, 1.54) is 12.3 Å². The molecule has 0 aliphatic carbocycles. The van der Waals surface area contributed by atoms with Crippen molar-refractivity contribution in [3.8, 4) is 11.5 Å². The van der Waals surface area contributed by atoms with E-state index in [-0.39, 0.29) is 17.1 Å². The van der Waals surface area contributed by atoms with E-state index in [2.05, 4.69) is 15.6 Å². The van der Waals surface area contributed by atoms with Crippen molar-refractivity contribution in [1.29, 1.82) is 0 Å². The minimum absolute atomic E-state index is 0.140. The average Bonchev–Trinajstić information content (AvgIpc) is 2.69. The van der Waals surface area contributed by atoms with Crippen LogP contribution in [0.5, 0.6) is 11.5 Å². The van der Waals surface area contributed by atoms with Crippen LogP contribution in [0.4, 0.5) is 5.69 Å². The third kappa shape index (κ3) is 5.65. The molecule has 6 heteroatoms. The molecule has 6 nitrogen and oxygen atoms in total. The Balaban J connectivity index is 1.78. The first-order valence-electron chi connectivity index (χ1n) is 9.24. The van der Waals surface area contributed by atoms with E-state index < -0.39 is 5.91 Å². The van der Waals surface area contributed by atoms with Crippen LogP contribution in [0.2, 0.25) is 0 Å². The molecule has 0 fully saturated rings. The molecule has 3 rings (SSSR count). The van der Waals surface area contributed by atoms with Crippen molar-refractivity contribution >= 4 is 17.5 Å². The fourth-order valence-corrected chi connectivity index (χ4v) is 2.57. The molecule has 1 heterocycles. The van der Waals surface area contributed by atoms with Crippen molar-refractivity contribution in [2.24, 2.45) is 0 Å². The van der Waals surface area contributed by atoms with Crippen LogP contribution >= 0.6 is 0 Å². The first-order valence-corrected chi connectivity index (χ1v) is 9.24. The summed E-state index contributed by atoms with van der Waals surface area (Å²) < 4.78 is 5.86. The predicted molar refractivity (Wildman–Crippen MR) is 112 cm³/mol. The summed E-state index contributed by atoms with van der Waals surface area (Å²) in [6.07, 6.45) is 1.44. The molecular formula is C23H23N3O3. The van der Waals surface area contributed by atoms with Gasteiger partial charge in [0.2, 0.25) is 0 Å². The molecule has 0 bridgehead atoms. The number of hydrogen-bond donors (Lipinski definition) is 2. The smallest absolute Gasteiger partial charge is 0.274 e. The lowest BCUT2D eigenvalue weighted by Gasteiger charge is -2.20. The van der Waals surface area contributed by atoms with Gasteiger partial charge < -0.3 is 15.4 Å². The maximum Gasteiger partial charge on any atom is 0.274 e. The number of nitrogens with one attached hydrogen (secondary N) is 2. The Kier molecular flexibility index (Phi) is 5.93. The standard InChI is InChI=1S/C23H23N3O3/c1-23(2,3)26-21(27)16-13-14-24-19(15-16)22(28)25-18-11-7-8-12-20(18)29-17-9-5-4-6-10-17/h4-15H,1-3H3,(H,25,28)(H,26,27). The maximum absolute atomic E-state index is 12.7. The molecule has 0 aliphatic heterocycles. The molecular weight excluding hydrogens is 366 g/mol. The molecule has 1 aromatic heterocycles. The van der Waals surface area contributed by atoms with Crippen LogP contribution in [-0.4, -0.2) is 22.3 Å². The molecule has 29 heavy (non-hydrogen) atoms. The number of amides is 2. The SMILES string of the molecule is CC(C)(C)NC(=O)c1ccnc(C(=O)Nc2ccccc2Oc2ccccc2)c1. The zero-order chi connectivity index (χ0) is 20.9. The number of carbonyl (C=O) groups excluding carboxylic acids is 2. The number of hydrogen-bond acceptors (Lipinski definition) is 4. The Labute approximate surface area is 169 Å². The number of carbonyl (C=O) groups is 2. The number of pyridine rings is 1. The summed E-state index contributed by atoms with van der Waals surface area (Å²) in [7, 11) is 0. The Morgan fingerprint density at radius 2 is 1.59 bits per heavy atom. The summed E-state index contributed by atoms with van der Waals surface area (Å²) in [5.41, 5.74) is 0.638. The number of para-hydroxylation sites is 3. The van der Waals surface area contributed by atoms with Gasteiger partial charge in [0.05, 0.1) is 5.69 Å². The van der Waals surface area contributed by atoms with Crippen LogP contribution in [-0.2, 0) is 0 Å². The van der Waals surface area contributed by atoms with Gasteiger partial charge in [-0.3, -0.25) is 14.6 Å². The Morgan fingerprint density at radius 1 is 0.897 bits per heavy atom. The molecule has 0 spiro atoms. The van der Waals surface area contributed by atoms with Crippen molar-refractivity contribution in [3.05, 3.63) is 84.2 Å². The molecule has 0 aliphatic rings. The zero-order valence-corrected chi connectivity index (χ0v) is 16.6. The van der Waals surface area contributed by atoms with E-state index >= 15 is 0 Å². The second kappa shape index (κ2) is 8.56. The third-order valence-corrected chi connectivity index (χ3v) is 3.85. The third-order valence-electron chi connectivity index (χ3n) is 3.85. The lowest BCUT2D eigenvalue weighted by atomic mass is 10.1. The molecule has 2 N–H and O–H groups in total. The minimum Gasteiger partial charge on any atom is -0.455 e. The summed E-state index contributed by atoms with van der Waals surface area (Å²) in [5.74, 6) is 0.475. The van der Waals surface area contributed by atoms with Gasteiger partial charge in [-0.2, -0.15) is 0 Å². The van der Waals surface area contributed by atoms with E-state index in [1.807, 2.05) is 57.2 Å². The van der Waals surface area contributed by atoms with Crippen molar-refractivity contribution in [1.82, 2.24) is 10.3 Å². The number of ether oxygens (including phenoxy) is 1. The van der Waals surface area contributed by atoms with Crippen LogP contribution in [0.15, 0.2) is 72.9 Å². The fraction of sp³-hybridized carbons (Fsp3) is 0.174. The summed E-state index contributed by atoms with van der Waals surface area (Å²) in [6, 6.07) is 19.5. The van der Waals surface area contributed by atoms with Gasteiger partial charge >= 0.3 is 0 Å². The van der Waals surface area contributed by atoms with Gasteiger partial charge in [0, 0.05) is 17.3 Å². The lowest BCUT2D eigenvalue weighted by Crippen LogP contribution is -2.40. The van der Waals surface area contributed by atoms with Crippen molar-refractivity contribution in [2.45, 2.75) is 26.3 Å². The van der Waals surface area contributed by atoms with Gasteiger partial charge in [-0.25, -0.2) is 0 Å². The highest BCUT2D eigenvalue weighted by atomic mass is 16.5. The van der Waals surface area contributed by atoms with Gasteiger partial charge in [-0.05, 0) is 57.2 Å². The Bertz CT molecular complexity index is 1010. The molecule has 2 aromatic carbocycles. The van der Waals surface area contributed by atoms with Crippen LogP contribution in [0.25, 0.3) is 0 Å². The van der Waals surface area contributed by atoms with Crippen LogP contribution in [0, 0.1) is 0 Å². The molecule has 2 amide bonds. The molecule has 0 atom stereocenters. The van der Waals surface area contributed by atoms with Crippen LogP contribution in [0.3, 0.4) is 0 Å². The fourth-order valence-electron chi connectivity index (χ4n) is 2.57. The number of aromatic nitrogens is 1. The Morgan fingerprint density at radius 3 is 2.31 bits per heavy atom. The van der Waals surface area contributed by atoms with Gasteiger partial charge in [0.25, 0.3) is 11.8 Å². The summed E-state index contributed by atoms with van der Waals surface area (Å²) in [6.45, 7) is 5.68. The van der Waals surface area contributed by atoms with Crippen molar-refractivity contribution < 1.29 is 14.3 Å². The van der Waals surface area contributed by atoms with E-state index in [9.17, 15) is 9.59 Å². The van der Waals surface area contributed by atoms with Crippen molar-refractivity contribution in [2.75, 3.05) is 5.32 Å². The highest BCUT2D eigenvalue weighted by Gasteiger charge is 2.18. The predicted octanol–water partition coefficient (Wildman–Crippen LogP) is 4.65. The quantitative estimate of drug-likeness (QED) is 0.665. The molecule has 0 radical (unpaired) electrons. The molecule has 148 valence electrons. The highest BCUT2D eigenvalue weighted by molar-refractivity contribution is 6.05. The summed E-state index contributed by atoms with van der Waals surface area (Å²) >= 11 is 0. The van der Waals surface area contributed by atoms with Gasteiger partial charge in [-0.1, -0.05) is 30.3 Å². The topological polar surface area (TPSA) is 80.3 Å². The van der Waals surface area contributed by atoms with Crippen molar-refractivity contribution in [3.63, 3.8) is 0 Å². The Hall–Kier alpha value is -3.67. The lowest BCUT2D eigenvalue weighted by molar-refractivity contribution is 0.0919. The minimum atomic E-state index is -0.431. The van der Waals surface area contributed by atoms with Crippen LogP contribution < -0.4 is 15.4 Å². The second-order valence-corrected chi connectivity index (χ2v) is 7.50. The van der Waals surface area contributed by atoms with Crippen LogP contribution in [0.1, 0.15) is 41.6 Å². The number of nitrogens with zero attached hydrogens (tertiary/aromatic N) is 1.